The molecule has 0 spiro atoms. The quantitative estimate of drug-likeness (QED) is 0.902. The molecule has 1 N–H and O–H groups in total. The van der Waals surface area contributed by atoms with Crippen LogP contribution in [0.2, 0.25) is 0 Å². The van der Waals surface area contributed by atoms with Gasteiger partial charge in [0.2, 0.25) is 0 Å². The van der Waals surface area contributed by atoms with Crippen molar-refractivity contribution in [1.29, 1.82) is 0 Å². The molecule has 1 aliphatic heterocycles. The third kappa shape index (κ3) is 2.41. The lowest BCUT2D eigenvalue weighted by molar-refractivity contribution is 0.330. The van der Waals surface area contributed by atoms with Crippen LogP contribution in [0.5, 0.6) is 0 Å². The molecule has 0 amide bonds. The van der Waals surface area contributed by atoms with E-state index >= 15 is 0 Å². The first kappa shape index (κ1) is 13.1. The molecule has 0 radical (unpaired) electrons. The molecule has 2 nitrogen and oxygen atoms in total. The lowest BCUT2D eigenvalue weighted by atomic mass is 9.89. The van der Waals surface area contributed by atoms with Crippen molar-refractivity contribution in [3.05, 3.63) is 66.0 Å². The van der Waals surface area contributed by atoms with Crippen molar-refractivity contribution < 1.29 is 4.39 Å². The summed E-state index contributed by atoms with van der Waals surface area (Å²) in [6.07, 6.45) is 0. The number of anilines is 1. The highest BCUT2D eigenvalue weighted by molar-refractivity contribution is 5.49. The van der Waals surface area contributed by atoms with Crippen LogP contribution in [-0.4, -0.2) is 19.6 Å². The smallest absolute Gasteiger partial charge is 0.146 e. The number of hydrogen-bond acceptors (Lipinski definition) is 2. The second kappa shape index (κ2) is 5.25. The van der Waals surface area contributed by atoms with Gasteiger partial charge in [0.1, 0.15) is 5.82 Å². The summed E-state index contributed by atoms with van der Waals surface area (Å²) in [6.45, 7) is 4.61. The SMILES string of the molecule is CC1(c2ccccc2)CN(c2ccccc2F)CCN1. The van der Waals surface area contributed by atoms with Crippen LogP contribution < -0.4 is 10.2 Å². The molecule has 1 heterocycles. The van der Waals surface area contributed by atoms with E-state index in [1.165, 1.54) is 11.6 Å². The fourth-order valence-corrected chi connectivity index (χ4v) is 2.90. The summed E-state index contributed by atoms with van der Waals surface area (Å²) in [7, 11) is 0. The van der Waals surface area contributed by atoms with E-state index in [0.29, 0.717) is 5.69 Å². The van der Waals surface area contributed by atoms with Crippen molar-refractivity contribution in [3.8, 4) is 0 Å². The van der Waals surface area contributed by atoms with Gasteiger partial charge in [0.05, 0.1) is 11.2 Å². The molecule has 0 saturated carbocycles. The normalized spacial score (nSPS) is 22.8. The van der Waals surface area contributed by atoms with Gasteiger partial charge < -0.3 is 10.2 Å². The van der Waals surface area contributed by atoms with Crippen LogP contribution in [0.4, 0.5) is 10.1 Å². The number of nitrogens with one attached hydrogen (secondary N) is 1. The molecular formula is C17H19FN2. The molecule has 0 aromatic heterocycles. The summed E-state index contributed by atoms with van der Waals surface area (Å²) in [6, 6.07) is 17.4. The van der Waals surface area contributed by atoms with Crippen molar-refractivity contribution in [3.63, 3.8) is 0 Å². The number of nitrogens with zero attached hydrogens (tertiary/aromatic N) is 1. The van der Waals surface area contributed by atoms with E-state index in [2.05, 4.69) is 29.3 Å². The Morgan fingerprint density at radius 3 is 2.50 bits per heavy atom. The molecule has 1 unspecified atom stereocenters. The zero-order valence-electron chi connectivity index (χ0n) is 11.6. The maximum Gasteiger partial charge on any atom is 0.146 e. The molecule has 3 heteroatoms. The van der Waals surface area contributed by atoms with Gasteiger partial charge in [0, 0.05) is 19.6 Å². The minimum atomic E-state index is -0.151. The van der Waals surface area contributed by atoms with Crippen LogP contribution in [0.15, 0.2) is 54.6 Å². The standard InChI is InChI=1S/C17H19FN2/c1-17(14-7-3-2-4-8-14)13-20(12-11-19-17)16-10-6-5-9-15(16)18/h2-10,19H,11-13H2,1H3. The molecule has 2 aromatic carbocycles. The summed E-state index contributed by atoms with van der Waals surface area (Å²) in [5.41, 5.74) is 1.78. The van der Waals surface area contributed by atoms with Crippen LogP contribution in [0.25, 0.3) is 0 Å². The Morgan fingerprint density at radius 2 is 1.75 bits per heavy atom. The van der Waals surface area contributed by atoms with Gasteiger partial charge in [-0.15, -0.1) is 0 Å². The lowest BCUT2D eigenvalue weighted by Gasteiger charge is -2.43. The van der Waals surface area contributed by atoms with E-state index < -0.39 is 0 Å². The summed E-state index contributed by atoms with van der Waals surface area (Å²) in [5.74, 6) is -0.148. The van der Waals surface area contributed by atoms with Crippen molar-refractivity contribution in [2.24, 2.45) is 0 Å². The Labute approximate surface area is 119 Å². The molecule has 1 atom stereocenters. The zero-order chi connectivity index (χ0) is 14.0. The highest BCUT2D eigenvalue weighted by atomic mass is 19.1. The summed E-state index contributed by atoms with van der Waals surface area (Å²) in [5, 5.41) is 3.57. The number of benzene rings is 2. The van der Waals surface area contributed by atoms with Gasteiger partial charge in [-0.1, -0.05) is 42.5 Å². The first-order valence-corrected chi connectivity index (χ1v) is 6.99. The summed E-state index contributed by atoms with van der Waals surface area (Å²) < 4.78 is 14.0. The van der Waals surface area contributed by atoms with E-state index in [1.54, 1.807) is 6.07 Å². The minimum Gasteiger partial charge on any atom is -0.366 e. The van der Waals surface area contributed by atoms with Gasteiger partial charge in [-0.05, 0) is 24.6 Å². The third-order valence-corrected chi connectivity index (χ3v) is 4.01. The van der Waals surface area contributed by atoms with E-state index in [1.807, 2.05) is 30.3 Å². The van der Waals surface area contributed by atoms with Crippen LogP contribution >= 0.6 is 0 Å². The van der Waals surface area contributed by atoms with E-state index in [4.69, 9.17) is 0 Å². The van der Waals surface area contributed by atoms with E-state index in [9.17, 15) is 4.39 Å². The van der Waals surface area contributed by atoms with Crippen molar-refractivity contribution in [2.45, 2.75) is 12.5 Å². The van der Waals surface area contributed by atoms with Crippen molar-refractivity contribution in [1.82, 2.24) is 5.32 Å². The summed E-state index contributed by atoms with van der Waals surface area (Å²) in [4.78, 5) is 2.12. The lowest BCUT2D eigenvalue weighted by Crippen LogP contribution is -2.57. The molecule has 20 heavy (non-hydrogen) atoms. The van der Waals surface area contributed by atoms with Crippen molar-refractivity contribution >= 4 is 5.69 Å². The molecule has 3 rings (SSSR count). The van der Waals surface area contributed by atoms with Crippen LogP contribution in [0.3, 0.4) is 0 Å². The zero-order valence-corrected chi connectivity index (χ0v) is 11.6. The van der Waals surface area contributed by atoms with Crippen LogP contribution in [0.1, 0.15) is 12.5 Å². The van der Waals surface area contributed by atoms with E-state index in [-0.39, 0.29) is 11.4 Å². The van der Waals surface area contributed by atoms with E-state index in [0.717, 1.165) is 19.6 Å². The molecule has 0 bridgehead atoms. The Balaban J connectivity index is 1.89. The van der Waals surface area contributed by atoms with Crippen molar-refractivity contribution in [2.75, 3.05) is 24.5 Å². The minimum absolute atomic E-state index is 0.148. The van der Waals surface area contributed by atoms with Gasteiger partial charge in [0.15, 0.2) is 0 Å². The Hall–Kier alpha value is -1.87. The fourth-order valence-electron chi connectivity index (χ4n) is 2.90. The maximum atomic E-state index is 14.0. The molecule has 1 fully saturated rings. The second-order valence-electron chi connectivity index (χ2n) is 5.50. The number of rotatable bonds is 2. The maximum absolute atomic E-state index is 14.0. The molecule has 2 aromatic rings. The third-order valence-electron chi connectivity index (χ3n) is 4.01. The molecule has 1 saturated heterocycles. The molecule has 1 aliphatic rings. The van der Waals surface area contributed by atoms with Crippen LogP contribution in [0, 0.1) is 5.82 Å². The molecule has 0 aliphatic carbocycles. The van der Waals surface area contributed by atoms with Gasteiger partial charge in [-0.2, -0.15) is 0 Å². The predicted molar refractivity (Wildman–Crippen MR) is 80.4 cm³/mol. The summed E-state index contributed by atoms with van der Waals surface area (Å²) >= 11 is 0. The largest absolute Gasteiger partial charge is 0.366 e. The first-order chi connectivity index (χ1) is 9.69. The van der Waals surface area contributed by atoms with Gasteiger partial charge in [0.25, 0.3) is 0 Å². The number of piperazine rings is 1. The predicted octanol–water partition coefficient (Wildman–Crippen LogP) is 3.15. The average Bonchev–Trinajstić information content (AvgIpc) is 2.49. The number of hydrogen-bond donors (Lipinski definition) is 1. The molecule has 104 valence electrons. The second-order valence-corrected chi connectivity index (χ2v) is 5.50. The Bertz CT molecular complexity index is 585. The highest BCUT2D eigenvalue weighted by Crippen LogP contribution is 2.28. The molecular weight excluding hydrogens is 251 g/mol. The Morgan fingerprint density at radius 1 is 1.05 bits per heavy atom. The van der Waals surface area contributed by atoms with Gasteiger partial charge in [-0.3, -0.25) is 0 Å². The average molecular weight is 270 g/mol. The number of para-hydroxylation sites is 1. The number of halogens is 1. The van der Waals surface area contributed by atoms with Gasteiger partial charge in [-0.25, -0.2) is 4.39 Å². The Kier molecular flexibility index (Phi) is 3.45. The monoisotopic (exact) mass is 270 g/mol. The van der Waals surface area contributed by atoms with Gasteiger partial charge >= 0.3 is 0 Å². The van der Waals surface area contributed by atoms with Crippen LogP contribution in [-0.2, 0) is 5.54 Å². The fraction of sp³-hybridized carbons (Fsp3) is 0.294. The topological polar surface area (TPSA) is 15.3 Å². The first-order valence-electron chi connectivity index (χ1n) is 6.99. The highest BCUT2D eigenvalue weighted by Gasteiger charge is 2.32.